The molecule has 0 N–H and O–H groups in total. The second-order valence-electron chi connectivity index (χ2n) is 0.798. The van der Waals surface area contributed by atoms with Gasteiger partial charge in [0.25, 0.3) is 0 Å². The summed E-state index contributed by atoms with van der Waals surface area (Å²) in [4.78, 5) is 9.56. The topological polar surface area (TPSA) is 35.5 Å². The summed E-state index contributed by atoms with van der Waals surface area (Å²) in [6.45, 7) is 0. The third kappa shape index (κ3) is 1.84. The number of rotatable bonds is 2. The first-order valence-electron chi connectivity index (χ1n) is 1.68. The number of ether oxygens (including phenoxy) is 2. The molecule has 3 nitrogen and oxygen atoms in total. The van der Waals surface area contributed by atoms with Crippen LogP contribution in [-0.4, -0.2) is 20.2 Å². The fourth-order valence-corrected chi connectivity index (χ4v) is 0.167. The van der Waals surface area contributed by atoms with Gasteiger partial charge in [0, 0.05) is 0 Å². The van der Waals surface area contributed by atoms with Crippen molar-refractivity contribution in [3.63, 3.8) is 0 Å². The highest BCUT2D eigenvalue weighted by Crippen LogP contribution is 1.84. The minimum absolute atomic E-state index is 0.125. The molecule has 0 aliphatic rings. The minimum atomic E-state index is -0.125. The second-order valence-corrected chi connectivity index (χ2v) is 0.798. The van der Waals surface area contributed by atoms with Gasteiger partial charge in [-0.05, 0) is 0 Å². The molecule has 0 fully saturated rings. The summed E-state index contributed by atoms with van der Waals surface area (Å²) in [5.41, 5.74) is 0. The Morgan fingerprint density at radius 3 is 1.86 bits per heavy atom. The Morgan fingerprint density at radius 2 is 1.86 bits per heavy atom. The summed E-state index contributed by atoms with van der Waals surface area (Å²) in [6, 6.07) is 0. The molecule has 0 aromatic carbocycles. The molecule has 0 radical (unpaired) electrons. The van der Waals surface area contributed by atoms with Crippen LogP contribution in [0.25, 0.3) is 0 Å². The fraction of sp³-hybridized carbons (Fsp3) is 0.500. The smallest absolute Gasteiger partial charge is 0.369 e. The van der Waals surface area contributed by atoms with Crippen molar-refractivity contribution in [2.45, 2.75) is 0 Å². The minimum Gasteiger partial charge on any atom is -0.460 e. The van der Waals surface area contributed by atoms with E-state index in [9.17, 15) is 4.79 Å². The molecular formula is C4H6O3. The molecule has 0 heterocycles. The molecule has 0 saturated heterocycles. The van der Waals surface area contributed by atoms with Gasteiger partial charge in [-0.3, -0.25) is 0 Å². The normalized spacial score (nSPS) is 6.57. The lowest BCUT2D eigenvalue weighted by Gasteiger charge is -1.94. The molecule has 0 bridgehead atoms. The van der Waals surface area contributed by atoms with Gasteiger partial charge in [-0.1, -0.05) is 0 Å². The summed E-state index contributed by atoms with van der Waals surface area (Å²) in [5, 5.41) is 0. The van der Waals surface area contributed by atoms with Gasteiger partial charge in [0.15, 0.2) is 0 Å². The van der Waals surface area contributed by atoms with E-state index in [-0.39, 0.29) is 5.95 Å². The zero-order valence-electron chi connectivity index (χ0n) is 4.22. The van der Waals surface area contributed by atoms with Crippen LogP contribution in [0, 0.1) is 0 Å². The van der Waals surface area contributed by atoms with E-state index in [1.807, 2.05) is 0 Å². The van der Waals surface area contributed by atoms with Crippen LogP contribution in [0.4, 0.5) is 0 Å². The van der Waals surface area contributed by atoms with Gasteiger partial charge in [-0.2, -0.15) is 0 Å². The lowest BCUT2D eigenvalue weighted by atomic mass is 11.0. The average Bonchev–Trinajstić information content (AvgIpc) is 1.72. The Morgan fingerprint density at radius 1 is 1.43 bits per heavy atom. The molecule has 7 heavy (non-hydrogen) atoms. The molecule has 0 atom stereocenters. The zero-order valence-corrected chi connectivity index (χ0v) is 4.22. The zero-order chi connectivity index (χ0) is 5.70. The summed E-state index contributed by atoms with van der Waals surface area (Å²) < 4.78 is 8.64. The SMILES string of the molecule is COC(=C=O)OC. The molecule has 0 amide bonds. The van der Waals surface area contributed by atoms with Crippen LogP contribution in [-0.2, 0) is 14.3 Å². The Kier molecular flexibility index (Phi) is 2.81. The molecule has 3 heteroatoms. The number of hydrogen-bond acceptors (Lipinski definition) is 3. The molecule has 0 aliphatic heterocycles. The number of hydrogen-bond donors (Lipinski definition) is 0. The summed E-state index contributed by atoms with van der Waals surface area (Å²) in [6.07, 6.45) is 0. The predicted molar refractivity (Wildman–Crippen MR) is 23.2 cm³/mol. The fourth-order valence-electron chi connectivity index (χ4n) is 0.167. The van der Waals surface area contributed by atoms with Crippen molar-refractivity contribution in [1.82, 2.24) is 0 Å². The largest absolute Gasteiger partial charge is 0.460 e. The molecular weight excluding hydrogens is 96.0 g/mol. The van der Waals surface area contributed by atoms with Crippen molar-refractivity contribution < 1.29 is 14.3 Å². The van der Waals surface area contributed by atoms with Gasteiger partial charge >= 0.3 is 5.95 Å². The first kappa shape index (κ1) is 6.05. The van der Waals surface area contributed by atoms with E-state index >= 15 is 0 Å². The lowest BCUT2D eigenvalue weighted by Crippen LogP contribution is -1.88. The Bertz CT molecular complexity index is 85.1. The Labute approximate surface area is 41.5 Å². The van der Waals surface area contributed by atoms with E-state index < -0.39 is 0 Å². The van der Waals surface area contributed by atoms with Crippen LogP contribution >= 0.6 is 0 Å². The maximum atomic E-state index is 9.56. The number of carbonyl (C=O) groups excluding carboxylic acids is 1. The molecule has 0 rings (SSSR count). The molecule has 0 unspecified atom stereocenters. The molecule has 0 spiro atoms. The van der Waals surface area contributed by atoms with Crippen LogP contribution in [0.15, 0.2) is 5.95 Å². The predicted octanol–water partition coefficient (Wildman–Crippen LogP) is -0.0478. The third-order valence-corrected chi connectivity index (χ3v) is 0.454. The average molecular weight is 102 g/mol. The van der Waals surface area contributed by atoms with E-state index in [4.69, 9.17) is 0 Å². The maximum absolute atomic E-state index is 9.56. The molecule has 0 saturated carbocycles. The molecule has 0 aromatic rings. The van der Waals surface area contributed by atoms with Crippen LogP contribution in [0.5, 0.6) is 0 Å². The summed E-state index contributed by atoms with van der Waals surface area (Å²) in [5.74, 6) is 1.30. The van der Waals surface area contributed by atoms with Crippen molar-refractivity contribution >= 4 is 5.94 Å². The molecule has 40 valence electrons. The highest BCUT2D eigenvalue weighted by Gasteiger charge is 1.86. The summed E-state index contributed by atoms with van der Waals surface area (Å²) >= 11 is 0. The first-order chi connectivity index (χ1) is 3.35. The van der Waals surface area contributed by atoms with Crippen molar-refractivity contribution in [1.29, 1.82) is 0 Å². The van der Waals surface area contributed by atoms with Gasteiger partial charge in [-0.15, -0.1) is 0 Å². The summed E-state index contributed by atoms with van der Waals surface area (Å²) in [7, 11) is 2.67. The van der Waals surface area contributed by atoms with Gasteiger partial charge in [0.1, 0.15) is 0 Å². The van der Waals surface area contributed by atoms with E-state index in [0.717, 1.165) is 0 Å². The van der Waals surface area contributed by atoms with Gasteiger partial charge < -0.3 is 9.47 Å². The molecule has 0 aliphatic carbocycles. The third-order valence-electron chi connectivity index (χ3n) is 0.454. The van der Waals surface area contributed by atoms with Crippen LogP contribution < -0.4 is 0 Å². The second kappa shape index (κ2) is 3.25. The van der Waals surface area contributed by atoms with Gasteiger partial charge in [-0.25, -0.2) is 4.79 Å². The van der Waals surface area contributed by atoms with Crippen LogP contribution in [0.3, 0.4) is 0 Å². The van der Waals surface area contributed by atoms with Gasteiger partial charge in [0.05, 0.1) is 14.2 Å². The van der Waals surface area contributed by atoms with Crippen molar-refractivity contribution in [2.75, 3.05) is 14.2 Å². The van der Waals surface area contributed by atoms with E-state index in [0.29, 0.717) is 0 Å². The Balaban J connectivity index is 3.61. The maximum Gasteiger partial charge on any atom is 0.369 e. The number of methoxy groups -OCH3 is 2. The first-order valence-corrected chi connectivity index (χ1v) is 1.68. The van der Waals surface area contributed by atoms with Crippen molar-refractivity contribution in [3.05, 3.63) is 5.95 Å². The van der Waals surface area contributed by atoms with E-state index in [1.165, 1.54) is 20.2 Å². The lowest BCUT2D eigenvalue weighted by molar-refractivity contribution is 0.101. The van der Waals surface area contributed by atoms with Crippen LogP contribution in [0.2, 0.25) is 0 Å². The highest BCUT2D eigenvalue weighted by molar-refractivity contribution is 5.46. The highest BCUT2D eigenvalue weighted by atomic mass is 16.7. The Hall–Kier alpha value is -0.950. The van der Waals surface area contributed by atoms with Crippen molar-refractivity contribution in [3.8, 4) is 0 Å². The molecule has 0 aromatic heterocycles. The van der Waals surface area contributed by atoms with Crippen LogP contribution in [0.1, 0.15) is 0 Å². The van der Waals surface area contributed by atoms with E-state index in [2.05, 4.69) is 9.47 Å². The van der Waals surface area contributed by atoms with Crippen molar-refractivity contribution in [2.24, 2.45) is 0 Å². The standard InChI is InChI=1S/C4H6O3/c1-6-4(3-5)7-2/h1-2H3. The van der Waals surface area contributed by atoms with E-state index in [1.54, 1.807) is 0 Å². The van der Waals surface area contributed by atoms with Gasteiger partial charge in [0.2, 0.25) is 5.94 Å². The quantitative estimate of drug-likeness (QED) is 0.362. The monoisotopic (exact) mass is 102 g/mol.